The number of para-hydroxylation sites is 2. The fraction of sp³-hybridized carbons (Fsp3) is 0.429. The number of ether oxygens (including phenoxy) is 1. The third-order valence-corrected chi connectivity index (χ3v) is 4.20. The largest absolute Gasteiger partial charge is 0.477 e. The number of carbonyl (C=O) groups excluding carboxylic acids is 1. The Morgan fingerprint density at radius 2 is 2.33 bits per heavy atom. The van der Waals surface area contributed by atoms with Crippen molar-refractivity contribution in [2.75, 3.05) is 30.0 Å². The van der Waals surface area contributed by atoms with Crippen molar-refractivity contribution in [3.8, 4) is 5.75 Å². The first-order valence-corrected chi connectivity index (χ1v) is 8.53. The van der Waals surface area contributed by atoms with Crippen molar-refractivity contribution < 1.29 is 9.53 Å². The highest BCUT2D eigenvalue weighted by Gasteiger charge is 2.30. The zero-order valence-electron chi connectivity index (χ0n) is 11.9. The van der Waals surface area contributed by atoms with Gasteiger partial charge in [-0.15, -0.1) is 0 Å². The predicted octanol–water partition coefficient (Wildman–Crippen LogP) is 1.37. The summed E-state index contributed by atoms with van der Waals surface area (Å²) in [6.45, 7) is 1.14. The number of nitrogens with zero attached hydrogens (tertiary/aromatic N) is 1. The summed E-state index contributed by atoms with van der Waals surface area (Å²) in [7, 11) is 0. The molecule has 1 aliphatic rings. The molecule has 1 heterocycles. The molecule has 0 bridgehead atoms. The number of rotatable bonds is 5. The maximum Gasteiger partial charge on any atom is 0.260 e. The van der Waals surface area contributed by atoms with Crippen molar-refractivity contribution in [1.82, 2.24) is 5.32 Å². The third kappa shape index (κ3) is 4.01. The molecule has 5 nitrogen and oxygen atoms in total. The lowest BCUT2D eigenvalue weighted by atomic mass is 10.2. The van der Waals surface area contributed by atoms with Crippen LogP contribution in [-0.4, -0.2) is 42.2 Å². The highest BCUT2D eigenvalue weighted by atomic mass is 32.2. The number of primary amides is 1. The summed E-state index contributed by atoms with van der Waals surface area (Å²) in [5.74, 6) is 1.22. The molecule has 1 aromatic carbocycles. The molecule has 0 aromatic heterocycles. The van der Waals surface area contributed by atoms with E-state index in [0.717, 1.165) is 24.4 Å². The Balaban J connectivity index is 2.09. The molecular weight excluding hydrogens is 306 g/mol. The van der Waals surface area contributed by atoms with Gasteiger partial charge in [-0.25, -0.2) is 0 Å². The quantitative estimate of drug-likeness (QED) is 0.629. The molecule has 21 heavy (non-hydrogen) atoms. The van der Waals surface area contributed by atoms with Crippen LogP contribution < -0.4 is 20.7 Å². The standard InChI is InChI=1S/C14H19N3O2S2/c1-21-8-4-7-16-14(20)17-9-12(13(15)18)19-11-6-3-2-5-10(11)17/h2-3,5-6,12H,4,7-9H2,1H3,(H2,15,18)(H,16,20)/t12-/m1/s1. The van der Waals surface area contributed by atoms with Crippen LogP contribution in [-0.2, 0) is 4.79 Å². The van der Waals surface area contributed by atoms with E-state index in [0.29, 0.717) is 17.4 Å². The second kappa shape index (κ2) is 7.51. The molecule has 0 radical (unpaired) electrons. The number of anilines is 1. The lowest BCUT2D eigenvalue weighted by Crippen LogP contribution is -2.52. The number of thioether (sulfide) groups is 1. The molecular formula is C14H19N3O2S2. The molecule has 0 saturated carbocycles. The van der Waals surface area contributed by atoms with Crippen LogP contribution in [0.5, 0.6) is 5.75 Å². The second-order valence-electron chi connectivity index (χ2n) is 4.67. The van der Waals surface area contributed by atoms with E-state index in [-0.39, 0.29) is 0 Å². The van der Waals surface area contributed by atoms with E-state index in [1.165, 1.54) is 0 Å². The average Bonchev–Trinajstić information content (AvgIpc) is 2.50. The number of nitrogens with two attached hydrogens (primary N) is 1. The summed E-state index contributed by atoms with van der Waals surface area (Å²) in [6.07, 6.45) is 2.42. The molecule has 0 spiro atoms. The monoisotopic (exact) mass is 325 g/mol. The molecule has 0 saturated heterocycles. The lowest BCUT2D eigenvalue weighted by Gasteiger charge is -2.35. The summed E-state index contributed by atoms with van der Waals surface area (Å²) < 4.78 is 5.61. The molecule has 0 fully saturated rings. The maximum absolute atomic E-state index is 11.4. The molecule has 2 rings (SSSR count). The minimum atomic E-state index is -0.689. The van der Waals surface area contributed by atoms with Gasteiger partial charge >= 0.3 is 0 Å². The minimum Gasteiger partial charge on any atom is -0.477 e. The topological polar surface area (TPSA) is 67.6 Å². The first-order valence-electron chi connectivity index (χ1n) is 6.72. The van der Waals surface area contributed by atoms with Gasteiger partial charge in [0.2, 0.25) is 0 Å². The molecule has 7 heteroatoms. The van der Waals surface area contributed by atoms with Crippen LogP contribution in [0.2, 0.25) is 0 Å². The number of thiocarbonyl (C=S) groups is 1. The van der Waals surface area contributed by atoms with E-state index in [1.807, 2.05) is 29.2 Å². The van der Waals surface area contributed by atoms with Gasteiger partial charge < -0.3 is 20.7 Å². The first kappa shape index (κ1) is 15.9. The number of amides is 1. The molecule has 3 N–H and O–H groups in total. The Kier molecular flexibility index (Phi) is 5.69. The Morgan fingerprint density at radius 3 is 3.05 bits per heavy atom. The van der Waals surface area contributed by atoms with Crippen LogP contribution in [0.25, 0.3) is 0 Å². The molecule has 0 unspecified atom stereocenters. The maximum atomic E-state index is 11.4. The lowest BCUT2D eigenvalue weighted by molar-refractivity contribution is -0.124. The highest BCUT2D eigenvalue weighted by Crippen LogP contribution is 2.33. The smallest absolute Gasteiger partial charge is 0.260 e. The fourth-order valence-electron chi connectivity index (χ4n) is 2.08. The normalized spacial score (nSPS) is 16.8. The highest BCUT2D eigenvalue weighted by molar-refractivity contribution is 7.98. The summed E-state index contributed by atoms with van der Waals surface area (Å²) in [5, 5.41) is 3.82. The van der Waals surface area contributed by atoms with E-state index in [2.05, 4.69) is 11.6 Å². The summed E-state index contributed by atoms with van der Waals surface area (Å²) >= 11 is 7.24. The molecule has 1 aliphatic heterocycles. The van der Waals surface area contributed by atoms with Crippen molar-refractivity contribution in [2.24, 2.45) is 5.73 Å². The number of carbonyl (C=O) groups is 1. The molecule has 1 amide bonds. The molecule has 1 atom stereocenters. The zero-order valence-corrected chi connectivity index (χ0v) is 13.5. The van der Waals surface area contributed by atoms with Crippen molar-refractivity contribution >= 4 is 40.7 Å². The van der Waals surface area contributed by atoms with Crippen LogP contribution >= 0.6 is 24.0 Å². The Labute approximate surface area is 134 Å². The van der Waals surface area contributed by atoms with Crippen LogP contribution in [0.4, 0.5) is 5.69 Å². The second-order valence-corrected chi connectivity index (χ2v) is 6.04. The van der Waals surface area contributed by atoms with E-state index in [4.69, 9.17) is 22.7 Å². The Hall–Kier alpha value is -1.47. The predicted molar refractivity (Wildman–Crippen MR) is 91.0 cm³/mol. The van der Waals surface area contributed by atoms with Gasteiger partial charge in [-0.3, -0.25) is 4.79 Å². The van der Waals surface area contributed by atoms with Crippen LogP contribution in [0.3, 0.4) is 0 Å². The van der Waals surface area contributed by atoms with Crippen LogP contribution in [0, 0.1) is 0 Å². The van der Waals surface area contributed by atoms with Crippen molar-refractivity contribution in [3.05, 3.63) is 24.3 Å². The SMILES string of the molecule is CSCCCNC(=S)N1C[C@H](C(N)=O)Oc2ccccc21. The van der Waals surface area contributed by atoms with E-state index in [9.17, 15) is 4.79 Å². The summed E-state index contributed by atoms with van der Waals surface area (Å²) in [4.78, 5) is 13.3. The Bertz CT molecular complexity index is 525. The average molecular weight is 325 g/mol. The number of benzene rings is 1. The van der Waals surface area contributed by atoms with E-state index in [1.54, 1.807) is 11.8 Å². The van der Waals surface area contributed by atoms with Crippen molar-refractivity contribution in [1.29, 1.82) is 0 Å². The number of hydrogen-bond donors (Lipinski definition) is 2. The van der Waals surface area contributed by atoms with E-state index >= 15 is 0 Å². The van der Waals surface area contributed by atoms with Crippen LogP contribution in [0.1, 0.15) is 6.42 Å². The molecule has 0 aliphatic carbocycles. The Morgan fingerprint density at radius 1 is 1.57 bits per heavy atom. The van der Waals surface area contributed by atoms with Gasteiger partial charge in [-0.05, 0) is 42.8 Å². The van der Waals surface area contributed by atoms with Gasteiger partial charge in [0.1, 0.15) is 5.75 Å². The van der Waals surface area contributed by atoms with Gasteiger partial charge in [-0.2, -0.15) is 11.8 Å². The van der Waals surface area contributed by atoms with E-state index < -0.39 is 12.0 Å². The molecule has 114 valence electrons. The van der Waals surface area contributed by atoms with Gasteiger partial charge in [0.25, 0.3) is 5.91 Å². The van der Waals surface area contributed by atoms with Gasteiger partial charge in [0.15, 0.2) is 11.2 Å². The number of fused-ring (bicyclic) bond motifs is 1. The first-order chi connectivity index (χ1) is 10.1. The van der Waals surface area contributed by atoms with Crippen molar-refractivity contribution in [2.45, 2.75) is 12.5 Å². The zero-order chi connectivity index (χ0) is 15.2. The number of hydrogen-bond acceptors (Lipinski definition) is 4. The van der Waals surface area contributed by atoms with Gasteiger partial charge in [0, 0.05) is 6.54 Å². The van der Waals surface area contributed by atoms with Gasteiger partial charge in [-0.1, -0.05) is 12.1 Å². The fourth-order valence-corrected chi connectivity index (χ4v) is 2.79. The third-order valence-electron chi connectivity index (χ3n) is 3.14. The van der Waals surface area contributed by atoms with Crippen LogP contribution in [0.15, 0.2) is 24.3 Å². The summed E-state index contributed by atoms with van der Waals surface area (Å²) in [6, 6.07) is 7.50. The minimum absolute atomic E-state index is 0.334. The van der Waals surface area contributed by atoms with Gasteiger partial charge in [0.05, 0.1) is 12.2 Å². The van der Waals surface area contributed by atoms with Crippen molar-refractivity contribution in [3.63, 3.8) is 0 Å². The number of nitrogens with one attached hydrogen (secondary N) is 1. The summed E-state index contributed by atoms with van der Waals surface area (Å²) in [5.41, 5.74) is 6.23. The molecule has 1 aromatic rings.